The molecule has 0 bridgehead atoms. The molecule has 0 saturated heterocycles. The third-order valence-corrected chi connectivity index (χ3v) is 3.35. The standard InChI is InChI=1S/C14H16N2O/c1-8-9(2)11-6-4-5-7-12(11)13(10(8)3)16-14(15)17/h4-7H,1-3H3,(H3,15,16,17). The van der Waals surface area contributed by atoms with Gasteiger partial charge in [-0.15, -0.1) is 0 Å². The van der Waals surface area contributed by atoms with E-state index in [1.54, 1.807) is 0 Å². The number of hydrogen-bond acceptors (Lipinski definition) is 1. The van der Waals surface area contributed by atoms with E-state index in [2.05, 4.69) is 25.2 Å². The molecule has 2 amide bonds. The van der Waals surface area contributed by atoms with Crippen molar-refractivity contribution in [2.45, 2.75) is 20.8 Å². The highest BCUT2D eigenvalue weighted by Crippen LogP contribution is 2.33. The Balaban J connectivity index is 2.85. The van der Waals surface area contributed by atoms with Gasteiger partial charge in [0.25, 0.3) is 0 Å². The summed E-state index contributed by atoms with van der Waals surface area (Å²) < 4.78 is 0. The summed E-state index contributed by atoms with van der Waals surface area (Å²) in [4.78, 5) is 11.1. The summed E-state index contributed by atoms with van der Waals surface area (Å²) in [5.74, 6) is 0. The van der Waals surface area contributed by atoms with Crippen LogP contribution in [0.2, 0.25) is 0 Å². The van der Waals surface area contributed by atoms with Gasteiger partial charge in [0.15, 0.2) is 0 Å². The van der Waals surface area contributed by atoms with Gasteiger partial charge in [-0.1, -0.05) is 24.3 Å². The van der Waals surface area contributed by atoms with Gasteiger partial charge in [0.1, 0.15) is 0 Å². The lowest BCUT2D eigenvalue weighted by Gasteiger charge is -2.16. The first-order chi connectivity index (χ1) is 8.02. The second-order valence-corrected chi connectivity index (χ2v) is 4.28. The summed E-state index contributed by atoms with van der Waals surface area (Å²) in [5.41, 5.74) is 9.54. The highest BCUT2D eigenvalue weighted by molar-refractivity contribution is 6.04. The van der Waals surface area contributed by atoms with Crippen molar-refractivity contribution < 1.29 is 4.79 Å². The molecule has 3 nitrogen and oxygen atoms in total. The molecule has 0 aliphatic heterocycles. The Morgan fingerprint density at radius 3 is 2.18 bits per heavy atom. The minimum absolute atomic E-state index is 0.526. The fraction of sp³-hybridized carbons (Fsp3) is 0.214. The number of nitrogens with two attached hydrogens (primary N) is 1. The average molecular weight is 228 g/mol. The van der Waals surface area contributed by atoms with Gasteiger partial charge in [0, 0.05) is 5.39 Å². The van der Waals surface area contributed by atoms with Crippen molar-refractivity contribution in [1.29, 1.82) is 0 Å². The fourth-order valence-corrected chi connectivity index (χ4v) is 2.19. The van der Waals surface area contributed by atoms with E-state index in [9.17, 15) is 4.79 Å². The number of urea groups is 1. The molecule has 2 aromatic rings. The normalized spacial score (nSPS) is 10.5. The molecule has 0 saturated carbocycles. The lowest BCUT2D eigenvalue weighted by Crippen LogP contribution is -2.20. The summed E-state index contributed by atoms with van der Waals surface area (Å²) >= 11 is 0. The number of fused-ring (bicyclic) bond motifs is 1. The highest BCUT2D eigenvalue weighted by Gasteiger charge is 2.12. The number of nitrogens with one attached hydrogen (secondary N) is 1. The molecule has 0 spiro atoms. The number of benzene rings is 2. The quantitative estimate of drug-likeness (QED) is 0.773. The number of carbonyl (C=O) groups excluding carboxylic acids is 1. The molecular weight excluding hydrogens is 212 g/mol. The van der Waals surface area contributed by atoms with Crippen LogP contribution in [-0.2, 0) is 0 Å². The molecule has 88 valence electrons. The first kappa shape index (κ1) is 11.5. The first-order valence-electron chi connectivity index (χ1n) is 5.57. The van der Waals surface area contributed by atoms with Gasteiger partial charge in [-0.05, 0) is 42.8 Å². The number of anilines is 1. The zero-order valence-corrected chi connectivity index (χ0v) is 10.3. The minimum atomic E-state index is -0.526. The van der Waals surface area contributed by atoms with Crippen molar-refractivity contribution in [1.82, 2.24) is 0 Å². The summed E-state index contributed by atoms with van der Waals surface area (Å²) in [6.45, 7) is 6.15. The molecule has 0 atom stereocenters. The van der Waals surface area contributed by atoms with Crippen molar-refractivity contribution in [2.24, 2.45) is 5.73 Å². The molecule has 3 heteroatoms. The molecule has 0 radical (unpaired) electrons. The maximum atomic E-state index is 11.1. The van der Waals surface area contributed by atoms with Gasteiger partial charge >= 0.3 is 6.03 Å². The lowest BCUT2D eigenvalue weighted by atomic mass is 9.94. The fourth-order valence-electron chi connectivity index (χ4n) is 2.19. The number of aryl methyl sites for hydroxylation is 1. The largest absolute Gasteiger partial charge is 0.351 e. The first-order valence-corrected chi connectivity index (χ1v) is 5.57. The van der Waals surface area contributed by atoms with E-state index >= 15 is 0 Å². The number of primary amides is 1. The third kappa shape index (κ3) is 1.84. The van der Waals surface area contributed by atoms with Crippen LogP contribution >= 0.6 is 0 Å². The van der Waals surface area contributed by atoms with E-state index < -0.39 is 6.03 Å². The third-order valence-electron chi connectivity index (χ3n) is 3.35. The Morgan fingerprint density at radius 2 is 1.59 bits per heavy atom. The van der Waals surface area contributed by atoms with Crippen molar-refractivity contribution in [3.05, 3.63) is 41.0 Å². The maximum Gasteiger partial charge on any atom is 0.316 e. The van der Waals surface area contributed by atoms with Crippen molar-refractivity contribution in [3.63, 3.8) is 0 Å². The molecular formula is C14H16N2O. The predicted octanol–water partition coefficient (Wildman–Crippen LogP) is 3.26. The molecule has 17 heavy (non-hydrogen) atoms. The average Bonchev–Trinajstić information content (AvgIpc) is 2.31. The molecule has 3 N–H and O–H groups in total. The van der Waals surface area contributed by atoms with Crippen LogP contribution in [0, 0.1) is 20.8 Å². The Morgan fingerprint density at radius 1 is 1.00 bits per heavy atom. The van der Waals surface area contributed by atoms with Gasteiger partial charge in [-0.2, -0.15) is 0 Å². The predicted molar refractivity (Wildman–Crippen MR) is 71.4 cm³/mol. The summed E-state index contributed by atoms with van der Waals surface area (Å²) in [6, 6.07) is 7.49. The van der Waals surface area contributed by atoms with Crippen LogP contribution < -0.4 is 11.1 Å². The monoisotopic (exact) mass is 228 g/mol. The Kier molecular flexibility index (Phi) is 2.76. The second-order valence-electron chi connectivity index (χ2n) is 4.28. The smallest absolute Gasteiger partial charge is 0.316 e. The van der Waals surface area contributed by atoms with E-state index in [4.69, 9.17) is 5.73 Å². The lowest BCUT2D eigenvalue weighted by molar-refractivity contribution is 0.259. The molecule has 0 aliphatic carbocycles. The molecule has 0 fully saturated rings. The van der Waals surface area contributed by atoms with Gasteiger partial charge in [0.05, 0.1) is 5.69 Å². The second kappa shape index (κ2) is 4.09. The zero-order valence-electron chi connectivity index (χ0n) is 10.3. The van der Waals surface area contributed by atoms with Crippen molar-refractivity contribution in [3.8, 4) is 0 Å². The Bertz CT molecular complexity index is 603. The minimum Gasteiger partial charge on any atom is -0.351 e. The van der Waals surface area contributed by atoms with Crippen molar-refractivity contribution in [2.75, 3.05) is 5.32 Å². The van der Waals surface area contributed by atoms with E-state index in [1.807, 2.05) is 25.1 Å². The number of rotatable bonds is 1. The van der Waals surface area contributed by atoms with Crippen LogP contribution in [0.5, 0.6) is 0 Å². The molecule has 0 unspecified atom stereocenters. The summed E-state index contributed by atoms with van der Waals surface area (Å²) in [5, 5.41) is 4.91. The van der Waals surface area contributed by atoms with Crippen LogP contribution in [0.1, 0.15) is 16.7 Å². The van der Waals surface area contributed by atoms with Gasteiger partial charge in [-0.3, -0.25) is 0 Å². The van der Waals surface area contributed by atoms with E-state index in [-0.39, 0.29) is 0 Å². The van der Waals surface area contributed by atoms with E-state index in [0.717, 1.165) is 22.0 Å². The van der Waals surface area contributed by atoms with Gasteiger partial charge in [-0.25, -0.2) is 4.79 Å². The van der Waals surface area contributed by atoms with Gasteiger partial charge in [0.2, 0.25) is 0 Å². The number of amides is 2. The van der Waals surface area contributed by atoms with Crippen LogP contribution in [0.25, 0.3) is 10.8 Å². The summed E-state index contributed by atoms with van der Waals surface area (Å²) in [6.07, 6.45) is 0. The van der Waals surface area contributed by atoms with Crippen LogP contribution in [0.3, 0.4) is 0 Å². The molecule has 0 heterocycles. The molecule has 0 aliphatic rings. The number of hydrogen-bond donors (Lipinski definition) is 2. The molecule has 0 aromatic heterocycles. The van der Waals surface area contributed by atoms with Gasteiger partial charge < -0.3 is 11.1 Å². The topological polar surface area (TPSA) is 55.1 Å². The highest BCUT2D eigenvalue weighted by atomic mass is 16.2. The Hall–Kier alpha value is -2.03. The van der Waals surface area contributed by atoms with Crippen LogP contribution in [0.15, 0.2) is 24.3 Å². The molecule has 2 rings (SSSR count). The van der Waals surface area contributed by atoms with Crippen LogP contribution in [0.4, 0.5) is 10.5 Å². The van der Waals surface area contributed by atoms with Crippen LogP contribution in [-0.4, -0.2) is 6.03 Å². The van der Waals surface area contributed by atoms with E-state index in [1.165, 1.54) is 11.1 Å². The SMILES string of the molecule is Cc1c(C)c(NC(N)=O)c2ccccc2c1C. The Labute approximate surface area is 101 Å². The summed E-state index contributed by atoms with van der Waals surface area (Å²) in [7, 11) is 0. The molecule has 2 aromatic carbocycles. The zero-order chi connectivity index (χ0) is 12.6. The maximum absolute atomic E-state index is 11.1. The van der Waals surface area contributed by atoms with Crippen molar-refractivity contribution >= 4 is 22.5 Å². The number of carbonyl (C=O) groups is 1. The van der Waals surface area contributed by atoms with E-state index in [0.29, 0.717) is 0 Å².